The van der Waals surface area contributed by atoms with Crippen molar-refractivity contribution in [3.63, 3.8) is 0 Å². The van der Waals surface area contributed by atoms with Gasteiger partial charge in [-0.3, -0.25) is 0 Å². The first-order chi connectivity index (χ1) is 8.95. The van der Waals surface area contributed by atoms with Gasteiger partial charge in [0.1, 0.15) is 0 Å². The Balaban J connectivity index is 2.11. The summed E-state index contributed by atoms with van der Waals surface area (Å²) in [5, 5.41) is 0. The maximum Gasteiger partial charge on any atom is 0.0949 e. The van der Waals surface area contributed by atoms with E-state index in [1.54, 1.807) is 0 Å². The van der Waals surface area contributed by atoms with Crippen LogP contribution < -0.4 is 0 Å². The number of hydrogen-bond acceptors (Lipinski definition) is 0. The van der Waals surface area contributed by atoms with Gasteiger partial charge in [0.15, 0.2) is 0 Å². The smallest absolute Gasteiger partial charge is 0.0622 e. The number of benzene rings is 2. The van der Waals surface area contributed by atoms with Crippen molar-refractivity contribution in [1.29, 1.82) is 0 Å². The van der Waals surface area contributed by atoms with Crippen molar-refractivity contribution in [2.24, 2.45) is 0 Å². The first-order valence-electron chi connectivity index (χ1n) is 6.30. The van der Waals surface area contributed by atoms with Crippen LogP contribution in [0.3, 0.4) is 0 Å². The third-order valence-corrected chi connectivity index (χ3v) is 3.21. The van der Waals surface area contributed by atoms with Crippen molar-refractivity contribution in [2.75, 3.05) is 0 Å². The van der Waals surface area contributed by atoms with Gasteiger partial charge in [-0.05, 0) is 17.2 Å². The standard InChI is InChI=1S/C18H15/c1-3-9-15(10-4-1)17-13-7-8-14-18(17)16-11-5-2-6-12-16/h1-5,7-14H,6H2/q+1. The lowest BCUT2D eigenvalue weighted by Crippen LogP contribution is -1.90. The van der Waals surface area contributed by atoms with Crippen LogP contribution in [0.15, 0.2) is 72.8 Å². The molecule has 0 N–H and O–H groups in total. The fraction of sp³-hybridized carbons (Fsp3) is 0.0556. The molecule has 0 spiro atoms. The lowest BCUT2D eigenvalue weighted by Gasteiger charge is -2.09. The average molecular weight is 231 g/mol. The van der Waals surface area contributed by atoms with E-state index in [4.69, 9.17) is 0 Å². The first kappa shape index (κ1) is 10.9. The molecule has 86 valence electrons. The van der Waals surface area contributed by atoms with Gasteiger partial charge < -0.3 is 0 Å². The summed E-state index contributed by atoms with van der Waals surface area (Å²) < 4.78 is 0. The molecule has 0 fully saturated rings. The molecule has 0 amide bonds. The van der Waals surface area contributed by atoms with Gasteiger partial charge in [0.25, 0.3) is 0 Å². The summed E-state index contributed by atoms with van der Waals surface area (Å²) in [6, 6.07) is 19.2. The van der Waals surface area contributed by atoms with Gasteiger partial charge in [0.05, 0.1) is 24.1 Å². The molecule has 0 unspecified atom stereocenters. The molecule has 0 heterocycles. The van der Waals surface area contributed by atoms with Gasteiger partial charge in [-0.15, -0.1) is 0 Å². The number of rotatable bonds is 2. The zero-order valence-electron chi connectivity index (χ0n) is 10.2. The minimum atomic E-state index is 1.02. The molecule has 0 saturated carbocycles. The Morgan fingerprint density at radius 1 is 0.778 bits per heavy atom. The highest BCUT2D eigenvalue weighted by Crippen LogP contribution is 2.31. The summed E-state index contributed by atoms with van der Waals surface area (Å²) in [6.07, 6.45) is 9.80. The van der Waals surface area contributed by atoms with Gasteiger partial charge in [-0.1, -0.05) is 54.6 Å². The molecule has 0 atom stereocenters. The maximum absolute atomic E-state index is 2.28. The highest BCUT2D eigenvalue weighted by atomic mass is 14.1. The van der Waals surface area contributed by atoms with Crippen molar-refractivity contribution in [2.45, 2.75) is 6.42 Å². The SMILES string of the molecule is C1=CC(c2ccccc2-c2ccccc2)=CC[CH+]1. The molecule has 2 aromatic rings. The van der Waals surface area contributed by atoms with Gasteiger partial charge in [0.2, 0.25) is 0 Å². The zero-order valence-corrected chi connectivity index (χ0v) is 10.2. The van der Waals surface area contributed by atoms with Crippen molar-refractivity contribution in [1.82, 2.24) is 0 Å². The van der Waals surface area contributed by atoms with Crippen LogP contribution in [0.25, 0.3) is 16.7 Å². The van der Waals surface area contributed by atoms with Crippen LogP contribution in [-0.2, 0) is 0 Å². The molecule has 1 aliphatic rings. The normalized spacial score (nSPS) is 13.9. The van der Waals surface area contributed by atoms with Crippen LogP contribution in [-0.4, -0.2) is 0 Å². The summed E-state index contributed by atoms with van der Waals surface area (Å²) in [5.74, 6) is 0. The van der Waals surface area contributed by atoms with E-state index < -0.39 is 0 Å². The Hall–Kier alpha value is -2.21. The molecule has 3 rings (SSSR count). The van der Waals surface area contributed by atoms with Crippen LogP contribution in [0, 0.1) is 6.42 Å². The molecule has 2 aromatic carbocycles. The molecule has 0 saturated heterocycles. The Morgan fingerprint density at radius 2 is 1.50 bits per heavy atom. The van der Waals surface area contributed by atoms with Crippen LogP contribution in [0.2, 0.25) is 0 Å². The highest BCUT2D eigenvalue weighted by molar-refractivity contribution is 5.86. The lowest BCUT2D eigenvalue weighted by atomic mass is 9.92. The Morgan fingerprint density at radius 3 is 2.22 bits per heavy atom. The quantitative estimate of drug-likeness (QED) is 0.645. The molecule has 1 aliphatic carbocycles. The first-order valence-corrected chi connectivity index (χ1v) is 6.30. The molecule has 0 aliphatic heterocycles. The van der Waals surface area contributed by atoms with E-state index in [0.717, 1.165) is 6.42 Å². The van der Waals surface area contributed by atoms with E-state index >= 15 is 0 Å². The van der Waals surface area contributed by atoms with Crippen LogP contribution >= 0.6 is 0 Å². The average Bonchev–Trinajstić information content (AvgIpc) is 2.49. The molecule has 18 heavy (non-hydrogen) atoms. The molecule has 0 radical (unpaired) electrons. The molecule has 0 nitrogen and oxygen atoms in total. The fourth-order valence-corrected chi connectivity index (χ4v) is 2.32. The lowest BCUT2D eigenvalue weighted by molar-refractivity contribution is 1.27. The van der Waals surface area contributed by atoms with E-state index in [0.29, 0.717) is 0 Å². The van der Waals surface area contributed by atoms with E-state index in [1.807, 2.05) is 0 Å². The molecular weight excluding hydrogens is 216 g/mol. The summed E-state index contributed by atoms with van der Waals surface area (Å²) >= 11 is 0. The van der Waals surface area contributed by atoms with Crippen LogP contribution in [0.5, 0.6) is 0 Å². The number of hydrogen-bond donors (Lipinski definition) is 0. The Kier molecular flexibility index (Phi) is 3.01. The zero-order chi connectivity index (χ0) is 12.2. The topological polar surface area (TPSA) is 0 Å². The highest BCUT2D eigenvalue weighted by Gasteiger charge is 2.12. The van der Waals surface area contributed by atoms with Gasteiger partial charge >= 0.3 is 0 Å². The summed E-state index contributed by atoms with van der Waals surface area (Å²) in [6.45, 7) is 0. The van der Waals surface area contributed by atoms with Gasteiger partial charge in [-0.25, -0.2) is 0 Å². The van der Waals surface area contributed by atoms with E-state index in [1.165, 1.54) is 22.3 Å². The van der Waals surface area contributed by atoms with Crippen molar-refractivity contribution < 1.29 is 0 Å². The largest absolute Gasteiger partial charge is 0.0949 e. The second-order valence-electron chi connectivity index (χ2n) is 4.40. The van der Waals surface area contributed by atoms with E-state index in [2.05, 4.69) is 79.2 Å². The van der Waals surface area contributed by atoms with Crippen molar-refractivity contribution >= 4 is 5.57 Å². The maximum atomic E-state index is 2.28. The van der Waals surface area contributed by atoms with Crippen molar-refractivity contribution in [3.8, 4) is 11.1 Å². The molecule has 0 aromatic heterocycles. The molecule has 0 heteroatoms. The van der Waals surface area contributed by atoms with Crippen LogP contribution in [0.4, 0.5) is 0 Å². The minimum absolute atomic E-state index is 1.02. The monoisotopic (exact) mass is 231 g/mol. The Bertz CT molecular complexity index is 588. The van der Waals surface area contributed by atoms with Gasteiger partial charge in [0, 0.05) is 12.0 Å². The number of allylic oxidation sites excluding steroid dienone is 4. The minimum Gasteiger partial charge on any atom is -0.0622 e. The second kappa shape index (κ2) is 4.97. The predicted octanol–water partition coefficient (Wildman–Crippen LogP) is 4.90. The van der Waals surface area contributed by atoms with Crippen LogP contribution in [0.1, 0.15) is 12.0 Å². The third kappa shape index (κ3) is 2.10. The fourth-order valence-electron chi connectivity index (χ4n) is 2.32. The van der Waals surface area contributed by atoms with E-state index in [9.17, 15) is 0 Å². The van der Waals surface area contributed by atoms with E-state index in [-0.39, 0.29) is 0 Å². The third-order valence-electron chi connectivity index (χ3n) is 3.21. The molecular formula is C18H15+. The second-order valence-corrected chi connectivity index (χ2v) is 4.40. The molecule has 0 bridgehead atoms. The van der Waals surface area contributed by atoms with Gasteiger partial charge in [-0.2, -0.15) is 0 Å². The summed E-state index contributed by atoms with van der Waals surface area (Å²) in [7, 11) is 0. The predicted molar refractivity (Wildman–Crippen MR) is 77.9 cm³/mol. The van der Waals surface area contributed by atoms with Crippen molar-refractivity contribution in [3.05, 3.63) is 84.8 Å². The summed E-state index contributed by atoms with van der Waals surface area (Å²) in [5.41, 5.74) is 5.21. The Labute approximate surface area is 108 Å². The summed E-state index contributed by atoms with van der Waals surface area (Å²) in [4.78, 5) is 0.